The Balaban J connectivity index is 0.00000385. The molecule has 2 aromatic rings. The number of hydrogen-bond acceptors (Lipinski definition) is 5. The molecule has 2 heterocycles. The van der Waals surface area contributed by atoms with Crippen LogP contribution in [0.5, 0.6) is 11.5 Å². The average molecular weight is 568 g/mol. The van der Waals surface area contributed by atoms with E-state index in [0.29, 0.717) is 19.8 Å². The molecule has 7 nitrogen and oxygen atoms in total. The summed E-state index contributed by atoms with van der Waals surface area (Å²) >= 11 is 0. The van der Waals surface area contributed by atoms with Crippen molar-refractivity contribution in [3.63, 3.8) is 0 Å². The number of guanidine groups is 1. The van der Waals surface area contributed by atoms with Crippen LogP contribution in [-0.4, -0.2) is 44.3 Å². The van der Waals surface area contributed by atoms with Gasteiger partial charge in [-0.05, 0) is 75.4 Å². The van der Waals surface area contributed by atoms with Gasteiger partial charge in [0.25, 0.3) is 0 Å². The fourth-order valence-electron chi connectivity index (χ4n) is 3.87. The summed E-state index contributed by atoms with van der Waals surface area (Å²) in [5.41, 5.74) is 2.30. The van der Waals surface area contributed by atoms with Gasteiger partial charge in [0.1, 0.15) is 5.82 Å². The molecule has 0 amide bonds. The highest BCUT2D eigenvalue weighted by atomic mass is 127. The van der Waals surface area contributed by atoms with E-state index in [1.54, 1.807) is 7.05 Å². The largest absolute Gasteiger partial charge is 0.490 e. The zero-order valence-electron chi connectivity index (χ0n) is 20.3. The lowest BCUT2D eigenvalue weighted by Crippen LogP contribution is -2.38. The van der Waals surface area contributed by atoms with Crippen molar-refractivity contribution in [2.24, 2.45) is 4.99 Å². The fourth-order valence-corrected chi connectivity index (χ4v) is 3.87. The van der Waals surface area contributed by atoms with Crippen LogP contribution < -0.4 is 25.0 Å². The third-order valence-corrected chi connectivity index (χ3v) is 5.59. The summed E-state index contributed by atoms with van der Waals surface area (Å²) in [7, 11) is 1.79. The predicted octanol–water partition coefficient (Wildman–Crippen LogP) is 4.91. The molecular weight excluding hydrogens is 529 g/mol. The highest BCUT2D eigenvalue weighted by molar-refractivity contribution is 14.0. The zero-order valence-corrected chi connectivity index (χ0v) is 22.6. The van der Waals surface area contributed by atoms with E-state index in [2.05, 4.69) is 50.6 Å². The van der Waals surface area contributed by atoms with Crippen molar-refractivity contribution in [3.05, 3.63) is 47.7 Å². The minimum absolute atomic E-state index is 0. The minimum Gasteiger partial charge on any atom is -0.490 e. The van der Waals surface area contributed by atoms with Crippen molar-refractivity contribution in [2.45, 2.75) is 52.6 Å². The Morgan fingerprint density at radius 2 is 1.79 bits per heavy atom. The van der Waals surface area contributed by atoms with Gasteiger partial charge < -0.3 is 25.0 Å². The van der Waals surface area contributed by atoms with E-state index in [0.717, 1.165) is 41.9 Å². The molecule has 1 fully saturated rings. The molecule has 33 heavy (non-hydrogen) atoms. The second kappa shape index (κ2) is 14.1. The van der Waals surface area contributed by atoms with E-state index in [1.807, 2.05) is 32.2 Å². The molecule has 182 valence electrons. The Morgan fingerprint density at radius 1 is 1.06 bits per heavy atom. The SMILES string of the molecule is CCOc1ccc(C(C)NC(=NC)NCc2ccnc(N3CCCCC3)c2)cc1OCC.I. The van der Waals surface area contributed by atoms with Crippen molar-refractivity contribution in [3.8, 4) is 11.5 Å². The highest BCUT2D eigenvalue weighted by Gasteiger charge is 2.14. The van der Waals surface area contributed by atoms with Crippen LogP contribution in [0, 0.1) is 0 Å². The molecule has 1 atom stereocenters. The van der Waals surface area contributed by atoms with E-state index in [1.165, 1.54) is 24.8 Å². The normalized spacial score (nSPS) is 14.8. The van der Waals surface area contributed by atoms with Gasteiger partial charge in [-0.25, -0.2) is 4.98 Å². The van der Waals surface area contributed by atoms with Crippen LogP contribution >= 0.6 is 24.0 Å². The van der Waals surface area contributed by atoms with Crippen LogP contribution in [0.4, 0.5) is 5.82 Å². The monoisotopic (exact) mass is 567 g/mol. The van der Waals surface area contributed by atoms with Crippen LogP contribution in [0.2, 0.25) is 0 Å². The zero-order chi connectivity index (χ0) is 22.8. The van der Waals surface area contributed by atoms with Gasteiger partial charge in [0.05, 0.1) is 19.3 Å². The first-order chi connectivity index (χ1) is 15.6. The molecule has 2 N–H and O–H groups in total. The summed E-state index contributed by atoms with van der Waals surface area (Å²) in [6.45, 7) is 10.1. The van der Waals surface area contributed by atoms with Gasteiger partial charge in [-0.1, -0.05) is 6.07 Å². The lowest BCUT2D eigenvalue weighted by Gasteiger charge is -2.28. The molecule has 1 saturated heterocycles. The maximum atomic E-state index is 5.77. The molecule has 1 aliphatic rings. The molecule has 1 unspecified atom stereocenters. The first kappa shape index (κ1) is 27.0. The third-order valence-electron chi connectivity index (χ3n) is 5.59. The number of aliphatic imine (C=N–C) groups is 1. The van der Waals surface area contributed by atoms with Crippen molar-refractivity contribution in [1.82, 2.24) is 15.6 Å². The number of benzene rings is 1. The van der Waals surface area contributed by atoms with E-state index >= 15 is 0 Å². The Bertz CT molecular complexity index is 887. The molecule has 0 radical (unpaired) electrons. The maximum Gasteiger partial charge on any atom is 0.191 e. The lowest BCUT2D eigenvalue weighted by atomic mass is 10.1. The number of nitrogens with one attached hydrogen (secondary N) is 2. The summed E-state index contributed by atoms with van der Waals surface area (Å²) in [6, 6.07) is 10.3. The fraction of sp³-hybridized carbons (Fsp3) is 0.520. The standard InChI is InChI=1S/C25H37N5O2.HI/c1-5-31-22-11-10-21(17-23(22)32-6-2)19(3)29-25(26-4)28-18-20-12-13-27-24(16-20)30-14-8-7-9-15-30;/h10-13,16-17,19H,5-9,14-15,18H2,1-4H3,(H2,26,28,29);1H. The molecule has 0 aliphatic carbocycles. The van der Waals surface area contributed by atoms with Crippen LogP contribution in [0.3, 0.4) is 0 Å². The van der Waals surface area contributed by atoms with Crippen LogP contribution in [-0.2, 0) is 6.54 Å². The molecule has 1 aromatic carbocycles. The number of nitrogens with zero attached hydrogens (tertiary/aromatic N) is 3. The first-order valence-electron chi connectivity index (χ1n) is 11.7. The average Bonchev–Trinajstić information content (AvgIpc) is 2.83. The second-order valence-electron chi connectivity index (χ2n) is 7.93. The van der Waals surface area contributed by atoms with Crippen molar-refractivity contribution >= 4 is 35.8 Å². The molecule has 1 aliphatic heterocycles. The quantitative estimate of drug-likeness (QED) is 0.255. The molecule has 8 heteroatoms. The number of piperidine rings is 1. The van der Waals surface area contributed by atoms with E-state index in [4.69, 9.17) is 9.47 Å². The molecule has 0 saturated carbocycles. The number of pyridine rings is 1. The number of hydrogen-bond donors (Lipinski definition) is 2. The van der Waals surface area contributed by atoms with Crippen molar-refractivity contribution < 1.29 is 9.47 Å². The Labute approximate surface area is 215 Å². The summed E-state index contributed by atoms with van der Waals surface area (Å²) in [5.74, 6) is 3.36. The van der Waals surface area contributed by atoms with Gasteiger partial charge in [-0.2, -0.15) is 0 Å². The van der Waals surface area contributed by atoms with Crippen LogP contribution in [0.25, 0.3) is 0 Å². The summed E-state index contributed by atoms with van der Waals surface area (Å²) in [6.07, 6.45) is 5.71. The van der Waals surface area contributed by atoms with E-state index in [9.17, 15) is 0 Å². The Morgan fingerprint density at radius 3 is 2.48 bits per heavy atom. The van der Waals surface area contributed by atoms with Crippen LogP contribution in [0.15, 0.2) is 41.5 Å². The minimum atomic E-state index is 0. The maximum absolute atomic E-state index is 5.77. The number of aromatic nitrogens is 1. The molecular formula is C25H38IN5O2. The van der Waals surface area contributed by atoms with Gasteiger partial charge in [-0.15, -0.1) is 24.0 Å². The topological polar surface area (TPSA) is 71.0 Å². The van der Waals surface area contributed by atoms with Gasteiger partial charge in [0, 0.05) is 32.9 Å². The third kappa shape index (κ3) is 7.94. The van der Waals surface area contributed by atoms with Crippen molar-refractivity contribution in [1.29, 1.82) is 0 Å². The first-order valence-corrected chi connectivity index (χ1v) is 11.7. The Kier molecular flexibility index (Phi) is 11.6. The molecule has 1 aromatic heterocycles. The number of halogens is 1. The van der Waals surface area contributed by atoms with Crippen molar-refractivity contribution in [2.75, 3.05) is 38.3 Å². The number of anilines is 1. The van der Waals surface area contributed by atoms with E-state index < -0.39 is 0 Å². The van der Waals surface area contributed by atoms with E-state index in [-0.39, 0.29) is 30.0 Å². The smallest absolute Gasteiger partial charge is 0.191 e. The number of ether oxygens (including phenoxy) is 2. The number of rotatable bonds is 9. The predicted molar refractivity (Wildman–Crippen MR) is 146 cm³/mol. The van der Waals surface area contributed by atoms with Gasteiger partial charge in [0.2, 0.25) is 0 Å². The van der Waals surface area contributed by atoms with Gasteiger partial charge in [0.15, 0.2) is 17.5 Å². The van der Waals surface area contributed by atoms with Gasteiger partial charge in [-0.3, -0.25) is 4.99 Å². The second-order valence-corrected chi connectivity index (χ2v) is 7.93. The lowest BCUT2D eigenvalue weighted by molar-refractivity contribution is 0.287. The van der Waals surface area contributed by atoms with Crippen LogP contribution in [0.1, 0.15) is 57.2 Å². The summed E-state index contributed by atoms with van der Waals surface area (Å²) in [5, 5.41) is 6.89. The summed E-state index contributed by atoms with van der Waals surface area (Å²) in [4.78, 5) is 11.4. The summed E-state index contributed by atoms with van der Waals surface area (Å²) < 4.78 is 11.4. The molecule has 0 bridgehead atoms. The Hall–Kier alpha value is -2.23. The molecule has 0 spiro atoms. The highest BCUT2D eigenvalue weighted by Crippen LogP contribution is 2.30. The molecule has 3 rings (SSSR count). The van der Waals surface area contributed by atoms with Gasteiger partial charge >= 0.3 is 0 Å².